The Balaban J connectivity index is 2.13. The number of aryl methyl sites for hydroxylation is 1. The van der Waals surface area contributed by atoms with E-state index in [1.165, 1.54) is 0 Å². The van der Waals surface area contributed by atoms with Crippen molar-refractivity contribution in [1.82, 2.24) is 9.55 Å². The molecule has 3 heteroatoms. The second kappa shape index (κ2) is 4.81. The van der Waals surface area contributed by atoms with Crippen LogP contribution in [0.2, 0.25) is 0 Å². The Morgan fingerprint density at radius 1 is 0.864 bits per heavy atom. The zero-order chi connectivity index (χ0) is 15.1. The molecule has 0 N–H and O–H groups in total. The maximum Gasteiger partial charge on any atom is 0.277 e. The second-order valence-corrected chi connectivity index (χ2v) is 5.34. The lowest BCUT2D eigenvalue weighted by molar-refractivity contribution is 0.896. The van der Waals surface area contributed by atoms with E-state index in [9.17, 15) is 4.79 Å². The molecule has 0 radical (unpaired) electrons. The van der Waals surface area contributed by atoms with Crippen molar-refractivity contribution in [3.63, 3.8) is 0 Å². The number of benzene rings is 3. The first-order valence-electron chi connectivity index (χ1n) is 7.19. The monoisotopic (exact) mass is 286 g/mol. The van der Waals surface area contributed by atoms with Gasteiger partial charge >= 0.3 is 0 Å². The normalized spacial score (nSPS) is 11.1. The quantitative estimate of drug-likeness (QED) is 0.534. The van der Waals surface area contributed by atoms with Gasteiger partial charge in [0.1, 0.15) is 5.69 Å². The van der Waals surface area contributed by atoms with Crippen LogP contribution in [0.4, 0.5) is 0 Å². The van der Waals surface area contributed by atoms with Gasteiger partial charge in [-0.15, -0.1) is 0 Å². The van der Waals surface area contributed by atoms with Crippen LogP contribution in [0.3, 0.4) is 0 Å². The first-order valence-corrected chi connectivity index (χ1v) is 7.19. The molecule has 106 valence electrons. The fraction of sp³-hybridized carbons (Fsp3) is 0.0526. The van der Waals surface area contributed by atoms with Crippen LogP contribution in [-0.2, 0) is 7.05 Å². The number of fused-ring (bicyclic) bond motifs is 2. The predicted octanol–water partition coefficient (Wildman–Crippen LogP) is 3.75. The van der Waals surface area contributed by atoms with Crippen molar-refractivity contribution in [2.24, 2.45) is 7.05 Å². The van der Waals surface area contributed by atoms with E-state index >= 15 is 0 Å². The fourth-order valence-electron chi connectivity index (χ4n) is 2.89. The van der Waals surface area contributed by atoms with Gasteiger partial charge in [-0.2, -0.15) is 0 Å². The van der Waals surface area contributed by atoms with Gasteiger partial charge in [-0.1, -0.05) is 54.6 Å². The summed E-state index contributed by atoms with van der Waals surface area (Å²) in [5.41, 5.74) is 2.97. The third-order valence-electron chi connectivity index (χ3n) is 4.03. The Labute approximate surface area is 127 Å². The molecule has 1 aromatic heterocycles. The third-order valence-corrected chi connectivity index (χ3v) is 4.03. The molecule has 0 saturated heterocycles. The molecule has 3 aromatic carbocycles. The molecule has 0 spiro atoms. The molecule has 0 bridgehead atoms. The molecular weight excluding hydrogens is 272 g/mol. The lowest BCUT2D eigenvalue weighted by Crippen LogP contribution is -2.20. The highest BCUT2D eigenvalue weighted by atomic mass is 16.1. The topological polar surface area (TPSA) is 34.9 Å². The zero-order valence-corrected chi connectivity index (χ0v) is 12.2. The predicted molar refractivity (Wildman–Crippen MR) is 89.9 cm³/mol. The Kier molecular flexibility index (Phi) is 2.79. The van der Waals surface area contributed by atoms with E-state index in [4.69, 9.17) is 0 Å². The van der Waals surface area contributed by atoms with Crippen LogP contribution in [-0.4, -0.2) is 9.55 Å². The minimum absolute atomic E-state index is 0.0740. The summed E-state index contributed by atoms with van der Waals surface area (Å²) in [6, 6.07) is 21.7. The summed E-state index contributed by atoms with van der Waals surface area (Å²) >= 11 is 0. The van der Waals surface area contributed by atoms with Crippen LogP contribution < -0.4 is 5.56 Å². The summed E-state index contributed by atoms with van der Waals surface area (Å²) in [6.07, 6.45) is 0. The molecule has 0 aliphatic rings. The average Bonchev–Trinajstić information content (AvgIpc) is 2.58. The van der Waals surface area contributed by atoms with Gasteiger partial charge < -0.3 is 4.57 Å². The van der Waals surface area contributed by atoms with Crippen LogP contribution >= 0.6 is 0 Å². The number of hydrogen-bond donors (Lipinski definition) is 0. The van der Waals surface area contributed by atoms with Crippen molar-refractivity contribution in [3.8, 4) is 11.3 Å². The van der Waals surface area contributed by atoms with Gasteiger partial charge in [-0.3, -0.25) is 4.79 Å². The number of hydrogen-bond acceptors (Lipinski definition) is 2. The minimum Gasteiger partial charge on any atom is -0.308 e. The molecule has 4 rings (SSSR count). The number of rotatable bonds is 1. The highest BCUT2D eigenvalue weighted by molar-refractivity contribution is 5.96. The average molecular weight is 286 g/mol. The van der Waals surface area contributed by atoms with E-state index in [0.717, 1.165) is 27.4 Å². The van der Waals surface area contributed by atoms with E-state index in [1.54, 1.807) is 11.6 Å². The van der Waals surface area contributed by atoms with Crippen LogP contribution in [0.25, 0.3) is 33.1 Å². The van der Waals surface area contributed by atoms with E-state index in [1.807, 2.05) is 66.7 Å². The molecule has 0 aliphatic carbocycles. The Morgan fingerprint density at radius 3 is 2.50 bits per heavy atom. The summed E-state index contributed by atoms with van der Waals surface area (Å²) < 4.78 is 1.67. The molecule has 1 heterocycles. The van der Waals surface area contributed by atoms with Crippen molar-refractivity contribution in [2.75, 3.05) is 0 Å². The minimum atomic E-state index is -0.0740. The molecule has 0 unspecified atom stereocenters. The van der Waals surface area contributed by atoms with Crippen molar-refractivity contribution < 1.29 is 0 Å². The number of para-hydroxylation sites is 2. The maximum absolute atomic E-state index is 12.7. The standard InChI is InChI=1S/C19H14N2O/c1-21-17-12-5-4-11-16(17)20-18(19(21)22)15-10-6-8-13-7-2-3-9-14(13)15/h2-12H,1H3. The molecule has 0 atom stereocenters. The summed E-state index contributed by atoms with van der Waals surface area (Å²) in [5.74, 6) is 0. The lowest BCUT2D eigenvalue weighted by Gasteiger charge is -2.10. The molecule has 0 fully saturated rings. The van der Waals surface area contributed by atoms with Crippen LogP contribution in [0.5, 0.6) is 0 Å². The first-order chi connectivity index (χ1) is 10.8. The van der Waals surface area contributed by atoms with Crippen molar-refractivity contribution >= 4 is 21.8 Å². The van der Waals surface area contributed by atoms with Crippen molar-refractivity contribution in [3.05, 3.63) is 77.1 Å². The van der Waals surface area contributed by atoms with E-state index < -0.39 is 0 Å². The SMILES string of the molecule is Cn1c(=O)c(-c2cccc3ccccc23)nc2ccccc21. The van der Waals surface area contributed by atoms with Gasteiger partial charge in [0.15, 0.2) is 0 Å². The Bertz CT molecular complexity index is 1060. The largest absolute Gasteiger partial charge is 0.308 e. The summed E-state index contributed by atoms with van der Waals surface area (Å²) in [6.45, 7) is 0. The summed E-state index contributed by atoms with van der Waals surface area (Å²) in [5, 5.41) is 2.15. The van der Waals surface area contributed by atoms with E-state index in [2.05, 4.69) is 4.98 Å². The van der Waals surface area contributed by atoms with Crippen molar-refractivity contribution in [2.45, 2.75) is 0 Å². The summed E-state index contributed by atoms with van der Waals surface area (Å²) in [4.78, 5) is 17.3. The number of nitrogens with zero attached hydrogens (tertiary/aromatic N) is 2. The molecule has 3 nitrogen and oxygen atoms in total. The van der Waals surface area contributed by atoms with Gasteiger partial charge in [-0.25, -0.2) is 4.98 Å². The number of aromatic nitrogens is 2. The summed E-state index contributed by atoms with van der Waals surface area (Å²) in [7, 11) is 1.79. The van der Waals surface area contributed by atoms with Gasteiger partial charge in [0.2, 0.25) is 0 Å². The highest BCUT2D eigenvalue weighted by Gasteiger charge is 2.12. The lowest BCUT2D eigenvalue weighted by atomic mass is 10.0. The smallest absolute Gasteiger partial charge is 0.277 e. The molecule has 0 saturated carbocycles. The maximum atomic E-state index is 12.7. The molecule has 22 heavy (non-hydrogen) atoms. The van der Waals surface area contributed by atoms with E-state index in [0.29, 0.717) is 5.69 Å². The molecule has 4 aromatic rings. The van der Waals surface area contributed by atoms with Gasteiger partial charge in [0, 0.05) is 12.6 Å². The molecule has 0 aliphatic heterocycles. The van der Waals surface area contributed by atoms with Crippen LogP contribution in [0.1, 0.15) is 0 Å². The third kappa shape index (κ3) is 1.83. The molecule has 0 amide bonds. The van der Waals surface area contributed by atoms with Gasteiger partial charge in [0.25, 0.3) is 5.56 Å². The zero-order valence-electron chi connectivity index (χ0n) is 12.2. The Morgan fingerprint density at radius 2 is 1.59 bits per heavy atom. The van der Waals surface area contributed by atoms with Gasteiger partial charge in [-0.05, 0) is 22.9 Å². The van der Waals surface area contributed by atoms with E-state index in [-0.39, 0.29) is 5.56 Å². The van der Waals surface area contributed by atoms with Crippen molar-refractivity contribution in [1.29, 1.82) is 0 Å². The molecular formula is C19H14N2O. The second-order valence-electron chi connectivity index (χ2n) is 5.34. The van der Waals surface area contributed by atoms with Crippen LogP contribution in [0, 0.1) is 0 Å². The fourth-order valence-corrected chi connectivity index (χ4v) is 2.89. The van der Waals surface area contributed by atoms with Crippen LogP contribution in [0.15, 0.2) is 71.5 Å². The highest BCUT2D eigenvalue weighted by Crippen LogP contribution is 2.26. The first kappa shape index (κ1) is 12.8. The Hall–Kier alpha value is -2.94. The van der Waals surface area contributed by atoms with Gasteiger partial charge in [0.05, 0.1) is 11.0 Å².